The summed E-state index contributed by atoms with van der Waals surface area (Å²) in [6.45, 7) is 2.97. The fourth-order valence-corrected chi connectivity index (χ4v) is 3.81. The molecule has 2 aromatic rings. The average molecular weight is 416 g/mol. The SMILES string of the molecule is CCN1C(=O)C(CC(=O)Nc2ccc(Cl)cc2)N(CCc2ccccc2)C1=S. The monoisotopic (exact) mass is 415 g/mol. The van der Waals surface area contributed by atoms with Crippen molar-refractivity contribution in [2.24, 2.45) is 0 Å². The van der Waals surface area contributed by atoms with Gasteiger partial charge in [0, 0.05) is 23.8 Å². The normalized spacial score (nSPS) is 16.6. The second-order valence-electron chi connectivity index (χ2n) is 6.57. The number of nitrogens with zero attached hydrogens (tertiary/aromatic N) is 2. The van der Waals surface area contributed by atoms with E-state index in [0.717, 1.165) is 12.0 Å². The van der Waals surface area contributed by atoms with Gasteiger partial charge in [-0.05, 0) is 55.4 Å². The van der Waals surface area contributed by atoms with Gasteiger partial charge in [0.05, 0.1) is 6.42 Å². The van der Waals surface area contributed by atoms with Crippen LogP contribution in [0.15, 0.2) is 54.6 Å². The first-order valence-corrected chi connectivity index (χ1v) is 9.99. The zero-order valence-corrected chi connectivity index (χ0v) is 17.2. The van der Waals surface area contributed by atoms with Gasteiger partial charge in [-0.2, -0.15) is 0 Å². The van der Waals surface area contributed by atoms with Crippen LogP contribution >= 0.6 is 23.8 Å². The fourth-order valence-electron chi connectivity index (χ4n) is 3.25. The van der Waals surface area contributed by atoms with E-state index in [-0.39, 0.29) is 18.2 Å². The van der Waals surface area contributed by atoms with Crippen LogP contribution in [-0.4, -0.2) is 45.9 Å². The van der Waals surface area contributed by atoms with Gasteiger partial charge < -0.3 is 10.2 Å². The predicted molar refractivity (Wildman–Crippen MR) is 115 cm³/mol. The van der Waals surface area contributed by atoms with E-state index >= 15 is 0 Å². The smallest absolute Gasteiger partial charge is 0.252 e. The molecule has 7 heteroatoms. The zero-order valence-electron chi connectivity index (χ0n) is 15.6. The van der Waals surface area contributed by atoms with Gasteiger partial charge in [-0.1, -0.05) is 41.9 Å². The van der Waals surface area contributed by atoms with Gasteiger partial charge in [0.1, 0.15) is 6.04 Å². The molecule has 1 saturated heterocycles. The number of amides is 2. The Morgan fingerprint density at radius 1 is 1.14 bits per heavy atom. The summed E-state index contributed by atoms with van der Waals surface area (Å²) in [7, 11) is 0. The minimum absolute atomic E-state index is 0.0485. The molecule has 1 heterocycles. The third-order valence-electron chi connectivity index (χ3n) is 4.71. The molecule has 1 N–H and O–H groups in total. The van der Waals surface area contributed by atoms with Crippen molar-refractivity contribution in [3.05, 3.63) is 65.2 Å². The van der Waals surface area contributed by atoms with Crippen LogP contribution in [0.25, 0.3) is 0 Å². The van der Waals surface area contributed by atoms with Crippen molar-refractivity contribution in [2.75, 3.05) is 18.4 Å². The van der Waals surface area contributed by atoms with Crippen molar-refractivity contribution < 1.29 is 9.59 Å². The standard InChI is InChI=1S/C21H22ClN3O2S/c1-2-24-20(27)18(14-19(26)23-17-10-8-16(22)9-11-17)25(21(24)28)13-12-15-6-4-3-5-7-15/h3-11,18H,2,12-14H2,1H3,(H,23,26). The number of carbonyl (C=O) groups excluding carboxylic acids is 2. The van der Waals surface area contributed by atoms with Crippen LogP contribution in [0, 0.1) is 0 Å². The maximum absolute atomic E-state index is 12.8. The molecule has 0 radical (unpaired) electrons. The molecule has 0 spiro atoms. The molecule has 1 atom stereocenters. The Morgan fingerprint density at radius 2 is 1.82 bits per heavy atom. The third-order valence-corrected chi connectivity index (χ3v) is 5.42. The highest BCUT2D eigenvalue weighted by Gasteiger charge is 2.42. The van der Waals surface area contributed by atoms with Crippen molar-refractivity contribution >= 4 is 46.4 Å². The highest BCUT2D eigenvalue weighted by atomic mass is 35.5. The summed E-state index contributed by atoms with van der Waals surface area (Å²) in [6, 6.07) is 16.3. The van der Waals surface area contributed by atoms with Gasteiger partial charge in [-0.25, -0.2) is 0 Å². The number of anilines is 1. The molecule has 146 valence electrons. The summed E-state index contributed by atoms with van der Waals surface area (Å²) in [5.74, 6) is -0.349. The highest BCUT2D eigenvalue weighted by Crippen LogP contribution is 2.22. The van der Waals surface area contributed by atoms with E-state index in [1.165, 1.54) is 0 Å². The van der Waals surface area contributed by atoms with Crippen molar-refractivity contribution in [2.45, 2.75) is 25.8 Å². The molecule has 0 bridgehead atoms. The molecule has 0 saturated carbocycles. The van der Waals surface area contributed by atoms with Crippen molar-refractivity contribution in [3.63, 3.8) is 0 Å². The first kappa shape index (κ1) is 20.3. The predicted octanol–water partition coefficient (Wildman–Crippen LogP) is 3.73. The minimum atomic E-state index is -0.580. The lowest BCUT2D eigenvalue weighted by Gasteiger charge is -2.23. The van der Waals surface area contributed by atoms with Gasteiger partial charge >= 0.3 is 0 Å². The highest BCUT2D eigenvalue weighted by molar-refractivity contribution is 7.80. The van der Waals surface area contributed by atoms with E-state index in [4.69, 9.17) is 23.8 Å². The minimum Gasteiger partial charge on any atom is -0.336 e. The third kappa shape index (κ3) is 4.69. The van der Waals surface area contributed by atoms with Gasteiger partial charge in [-0.15, -0.1) is 0 Å². The van der Waals surface area contributed by atoms with Crippen LogP contribution in [0.1, 0.15) is 18.9 Å². The molecule has 2 aromatic carbocycles. The molecule has 1 aliphatic rings. The summed E-state index contributed by atoms with van der Waals surface area (Å²) in [5, 5.41) is 3.91. The summed E-state index contributed by atoms with van der Waals surface area (Å²) < 4.78 is 0. The number of benzene rings is 2. The Labute approximate surface area is 175 Å². The van der Waals surface area contributed by atoms with Crippen LogP contribution in [0.2, 0.25) is 5.02 Å². The van der Waals surface area contributed by atoms with Gasteiger partial charge in [-0.3, -0.25) is 14.5 Å². The zero-order chi connectivity index (χ0) is 20.1. The largest absolute Gasteiger partial charge is 0.336 e. The number of carbonyl (C=O) groups is 2. The first-order valence-electron chi connectivity index (χ1n) is 9.21. The summed E-state index contributed by atoms with van der Waals surface area (Å²) in [4.78, 5) is 28.8. The molecule has 1 aliphatic heterocycles. The number of rotatable bonds is 7. The van der Waals surface area contributed by atoms with E-state index in [1.54, 1.807) is 29.2 Å². The quantitative estimate of drug-likeness (QED) is 0.700. The van der Waals surface area contributed by atoms with Gasteiger partial charge in [0.15, 0.2) is 5.11 Å². The lowest BCUT2D eigenvalue weighted by Crippen LogP contribution is -2.39. The molecule has 1 unspecified atom stereocenters. The first-order chi connectivity index (χ1) is 13.5. The number of hydrogen-bond acceptors (Lipinski definition) is 3. The molecule has 5 nitrogen and oxygen atoms in total. The Kier molecular flexibility index (Phi) is 6.65. The summed E-state index contributed by atoms with van der Waals surface area (Å²) in [5.41, 5.74) is 1.81. The van der Waals surface area contributed by atoms with Crippen LogP contribution in [0.5, 0.6) is 0 Å². The Balaban J connectivity index is 1.69. The molecular formula is C21H22ClN3O2S. The molecule has 3 rings (SSSR count). The topological polar surface area (TPSA) is 52.7 Å². The van der Waals surface area contributed by atoms with Gasteiger partial charge in [0.25, 0.3) is 5.91 Å². The summed E-state index contributed by atoms with van der Waals surface area (Å²) >= 11 is 11.4. The van der Waals surface area contributed by atoms with E-state index in [2.05, 4.69) is 5.32 Å². The number of hydrogen-bond donors (Lipinski definition) is 1. The lowest BCUT2D eigenvalue weighted by atomic mass is 10.1. The Hall–Kier alpha value is -2.44. The van der Waals surface area contributed by atoms with Crippen LogP contribution in [0.3, 0.4) is 0 Å². The Morgan fingerprint density at radius 3 is 2.46 bits per heavy atom. The summed E-state index contributed by atoms with van der Waals surface area (Å²) in [6.07, 6.45) is 0.800. The van der Waals surface area contributed by atoms with Crippen molar-refractivity contribution in [1.82, 2.24) is 9.80 Å². The van der Waals surface area contributed by atoms with Crippen LogP contribution in [-0.2, 0) is 16.0 Å². The van der Waals surface area contributed by atoms with Crippen LogP contribution in [0.4, 0.5) is 5.69 Å². The van der Waals surface area contributed by atoms with E-state index in [0.29, 0.717) is 28.9 Å². The van der Waals surface area contributed by atoms with Crippen molar-refractivity contribution in [1.29, 1.82) is 0 Å². The average Bonchev–Trinajstić information content (AvgIpc) is 2.92. The maximum atomic E-state index is 12.8. The fraction of sp³-hybridized carbons (Fsp3) is 0.286. The number of thiocarbonyl (C=S) groups is 1. The molecule has 1 fully saturated rings. The maximum Gasteiger partial charge on any atom is 0.252 e. The van der Waals surface area contributed by atoms with Gasteiger partial charge in [0.2, 0.25) is 5.91 Å². The molecule has 0 aromatic heterocycles. The van der Waals surface area contributed by atoms with Crippen LogP contribution < -0.4 is 5.32 Å². The molecular weight excluding hydrogens is 394 g/mol. The second kappa shape index (κ2) is 9.17. The molecule has 0 aliphatic carbocycles. The molecule has 2 amide bonds. The van der Waals surface area contributed by atoms with Crippen molar-refractivity contribution in [3.8, 4) is 0 Å². The lowest BCUT2D eigenvalue weighted by molar-refractivity contribution is -0.130. The van der Waals surface area contributed by atoms with E-state index in [1.807, 2.05) is 42.2 Å². The number of nitrogens with one attached hydrogen (secondary N) is 1. The number of likely N-dealkylation sites (N-methyl/N-ethyl adjacent to an activating group) is 1. The Bertz CT molecular complexity index is 858. The second-order valence-corrected chi connectivity index (χ2v) is 7.37. The number of halogens is 1. The molecule has 28 heavy (non-hydrogen) atoms. The van der Waals surface area contributed by atoms with E-state index < -0.39 is 6.04 Å². The van der Waals surface area contributed by atoms with E-state index in [9.17, 15) is 9.59 Å².